The topological polar surface area (TPSA) is 53.6 Å². The van der Waals surface area contributed by atoms with Crippen LogP contribution in [0, 0.1) is 11.7 Å². The van der Waals surface area contributed by atoms with Crippen molar-refractivity contribution >= 4 is 34.6 Å². The van der Waals surface area contributed by atoms with E-state index >= 15 is 0 Å². The van der Waals surface area contributed by atoms with Gasteiger partial charge in [-0.2, -0.15) is 0 Å². The highest BCUT2D eigenvalue weighted by molar-refractivity contribution is 7.80. The number of piperidine rings is 1. The molecule has 1 aliphatic heterocycles. The zero-order valence-electron chi connectivity index (χ0n) is 17.5. The number of nitrogens with one attached hydrogen (secondary N) is 2. The molecule has 2 N–H and O–H groups in total. The van der Waals surface area contributed by atoms with Crippen LogP contribution in [0.1, 0.15) is 38.5 Å². The number of anilines is 2. The molecule has 2 aliphatic rings. The van der Waals surface area contributed by atoms with E-state index in [1.54, 1.807) is 12.1 Å². The summed E-state index contributed by atoms with van der Waals surface area (Å²) in [6, 6.07) is 14.6. The molecule has 1 aliphatic carbocycles. The summed E-state index contributed by atoms with van der Waals surface area (Å²) in [7, 11) is 0. The van der Waals surface area contributed by atoms with Crippen molar-refractivity contribution < 1.29 is 13.9 Å². The summed E-state index contributed by atoms with van der Waals surface area (Å²) in [5, 5.41) is 5.55. The smallest absolute Gasteiger partial charge is 0.264 e. The minimum atomic E-state index is -0.380. The lowest BCUT2D eigenvalue weighted by molar-refractivity contribution is -0.121. The number of rotatable bonds is 5. The molecular formula is C24H28FN3O2S. The molecule has 2 unspecified atom stereocenters. The Kier molecular flexibility index (Phi) is 7.02. The molecule has 0 aromatic heterocycles. The van der Waals surface area contributed by atoms with Crippen molar-refractivity contribution in [1.82, 2.24) is 5.32 Å². The highest BCUT2D eigenvalue weighted by atomic mass is 32.1. The van der Waals surface area contributed by atoms with Gasteiger partial charge in [0.05, 0.1) is 5.69 Å². The molecule has 2 fully saturated rings. The highest BCUT2D eigenvalue weighted by Gasteiger charge is 2.34. The predicted molar refractivity (Wildman–Crippen MR) is 125 cm³/mol. The van der Waals surface area contributed by atoms with Crippen LogP contribution < -0.4 is 20.3 Å². The van der Waals surface area contributed by atoms with E-state index < -0.39 is 0 Å². The van der Waals surface area contributed by atoms with Gasteiger partial charge in [0.25, 0.3) is 5.91 Å². The average molecular weight is 442 g/mol. The normalized spacial score (nSPS) is 20.5. The molecule has 1 heterocycles. The van der Waals surface area contributed by atoms with Crippen molar-refractivity contribution in [2.45, 2.75) is 44.6 Å². The number of hydrogen-bond donors (Lipinski definition) is 2. The van der Waals surface area contributed by atoms with Crippen LogP contribution in [-0.4, -0.2) is 30.2 Å². The number of fused-ring (bicyclic) bond motifs is 1. The Labute approximate surface area is 188 Å². The van der Waals surface area contributed by atoms with Crippen LogP contribution >= 0.6 is 12.2 Å². The maximum absolute atomic E-state index is 15.0. The third-order valence-corrected chi connectivity index (χ3v) is 6.33. The summed E-state index contributed by atoms with van der Waals surface area (Å²) in [5.41, 5.74) is 1.17. The van der Waals surface area contributed by atoms with Crippen LogP contribution in [0.5, 0.6) is 5.75 Å². The van der Waals surface area contributed by atoms with Crippen molar-refractivity contribution in [3.63, 3.8) is 0 Å². The first-order chi connectivity index (χ1) is 15.1. The lowest BCUT2D eigenvalue weighted by atomic mass is 9.78. The Hall–Kier alpha value is -2.67. The minimum absolute atomic E-state index is 0.110. The maximum atomic E-state index is 15.0. The van der Waals surface area contributed by atoms with Crippen LogP contribution in [0.2, 0.25) is 0 Å². The molecule has 0 bridgehead atoms. The predicted octanol–water partition coefficient (Wildman–Crippen LogP) is 4.88. The lowest BCUT2D eigenvalue weighted by Crippen LogP contribution is -2.47. The van der Waals surface area contributed by atoms with Gasteiger partial charge in [0.1, 0.15) is 11.6 Å². The first-order valence-electron chi connectivity index (χ1n) is 10.9. The van der Waals surface area contributed by atoms with Gasteiger partial charge >= 0.3 is 0 Å². The van der Waals surface area contributed by atoms with Crippen molar-refractivity contribution in [3.05, 3.63) is 54.3 Å². The number of halogens is 1. The molecule has 0 spiro atoms. The fourth-order valence-electron chi connectivity index (χ4n) is 4.73. The number of thiocarbonyl (C=S) groups is 1. The fraction of sp³-hybridized carbons (Fsp3) is 0.417. The van der Waals surface area contributed by atoms with E-state index in [1.165, 1.54) is 31.7 Å². The number of hydrogen-bond acceptors (Lipinski definition) is 4. The first kappa shape index (κ1) is 21.6. The quantitative estimate of drug-likeness (QED) is 0.648. The molecule has 0 radical (unpaired) electrons. The van der Waals surface area contributed by atoms with Crippen molar-refractivity contribution in [2.75, 3.05) is 23.4 Å². The minimum Gasteiger partial charge on any atom is -0.484 e. The Bertz CT molecular complexity index is 922. The Morgan fingerprint density at radius 1 is 1.10 bits per heavy atom. The lowest BCUT2D eigenvalue weighted by Gasteiger charge is -2.45. The van der Waals surface area contributed by atoms with E-state index in [1.807, 2.05) is 30.3 Å². The van der Waals surface area contributed by atoms with Gasteiger partial charge in [-0.3, -0.25) is 10.1 Å². The summed E-state index contributed by atoms with van der Waals surface area (Å²) in [4.78, 5) is 14.3. The molecule has 1 amide bonds. The SMILES string of the molecule is O=C(COc1ccccc1)NC(=S)Nc1ccc(N2CCCC3CCCCC32)c(F)c1. The summed E-state index contributed by atoms with van der Waals surface area (Å²) in [5.74, 6) is 0.639. The van der Waals surface area contributed by atoms with Crippen molar-refractivity contribution in [2.24, 2.45) is 5.92 Å². The number of nitrogens with zero attached hydrogens (tertiary/aromatic N) is 1. The summed E-state index contributed by atoms with van der Waals surface area (Å²) in [6.45, 7) is 0.747. The molecule has 4 rings (SSSR count). The van der Waals surface area contributed by atoms with Crippen LogP contribution in [-0.2, 0) is 4.79 Å². The van der Waals surface area contributed by atoms with E-state index in [0.29, 0.717) is 29.1 Å². The number of ether oxygens (including phenoxy) is 1. The number of carbonyl (C=O) groups excluding carboxylic acids is 1. The number of benzene rings is 2. The second-order valence-corrected chi connectivity index (χ2v) is 8.63. The number of carbonyl (C=O) groups is 1. The third-order valence-electron chi connectivity index (χ3n) is 6.12. The van der Waals surface area contributed by atoms with E-state index in [4.69, 9.17) is 17.0 Å². The van der Waals surface area contributed by atoms with Crippen LogP contribution in [0.15, 0.2) is 48.5 Å². The molecule has 2 aromatic carbocycles. The Balaban J connectivity index is 1.32. The molecule has 31 heavy (non-hydrogen) atoms. The van der Waals surface area contributed by atoms with Gasteiger partial charge in [0, 0.05) is 18.3 Å². The molecule has 1 saturated carbocycles. The molecular weight excluding hydrogens is 413 g/mol. The molecule has 7 heteroatoms. The number of amides is 1. The highest BCUT2D eigenvalue weighted by Crippen LogP contribution is 2.38. The molecule has 2 atom stereocenters. The second-order valence-electron chi connectivity index (χ2n) is 8.22. The van der Waals surface area contributed by atoms with Crippen LogP contribution in [0.4, 0.5) is 15.8 Å². The molecule has 164 valence electrons. The zero-order valence-corrected chi connectivity index (χ0v) is 18.3. The molecule has 5 nitrogen and oxygen atoms in total. The van der Waals surface area contributed by atoms with E-state index in [-0.39, 0.29) is 23.4 Å². The first-order valence-corrected chi connectivity index (χ1v) is 11.4. The fourth-order valence-corrected chi connectivity index (χ4v) is 4.96. The van der Waals surface area contributed by atoms with Gasteiger partial charge < -0.3 is 15.0 Å². The van der Waals surface area contributed by atoms with Crippen LogP contribution in [0.3, 0.4) is 0 Å². The standard InChI is InChI=1S/C24H28FN3O2S/c25-20-15-18(26-24(31)27-23(29)16-30-19-9-2-1-3-10-19)12-13-22(20)28-14-6-8-17-7-4-5-11-21(17)28/h1-3,9-10,12-13,15,17,21H,4-8,11,14,16H2,(H2,26,27,29,31). The van der Waals surface area contributed by atoms with Crippen molar-refractivity contribution in [3.8, 4) is 5.75 Å². The van der Waals surface area contributed by atoms with Gasteiger partial charge in [0.2, 0.25) is 0 Å². The third kappa shape index (κ3) is 5.53. The largest absolute Gasteiger partial charge is 0.484 e. The van der Waals surface area contributed by atoms with Gasteiger partial charge in [-0.15, -0.1) is 0 Å². The summed E-state index contributed by atoms with van der Waals surface area (Å²) in [6.07, 6.45) is 7.28. The second kappa shape index (κ2) is 10.1. The van der Waals surface area contributed by atoms with E-state index in [9.17, 15) is 9.18 Å². The monoisotopic (exact) mass is 441 g/mol. The molecule has 2 aromatic rings. The zero-order chi connectivity index (χ0) is 21.6. The summed E-state index contributed by atoms with van der Waals surface area (Å²) < 4.78 is 20.4. The van der Waals surface area contributed by atoms with Gasteiger partial charge in [-0.05, 0) is 74.2 Å². The van der Waals surface area contributed by atoms with E-state index in [2.05, 4.69) is 15.5 Å². The van der Waals surface area contributed by atoms with Crippen molar-refractivity contribution in [1.29, 1.82) is 0 Å². The van der Waals surface area contributed by atoms with Gasteiger partial charge in [-0.25, -0.2) is 4.39 Å². The van der Waals surface area contributed by atoms with Gasteiger partial charge in [0.15, 0.2) is 11.7 Å². The van der Waals surface area contributed by atoms with Gasteiger partial charge in [-0.1, -0.05) is 31.0 Å². The Morgan fingerprint density at radius 2 is 1.87 bits per heavy atom. The maximum Gasteiger partial charge on any atom is 0.264 e. The average Bonchev–Trinajstić information content (AvgIpc) is 2.78. The molecule has 1 saturated heterocycles. The van der Waals surface area contributed by atoms with E-state index in [0.717, 1.165) is 19.4 Å². The Morgan fingerprint density at radius 3 is 2.68 bits per heavy atom. The number of para-hydroxylation sites is 1. The summed E-state index contributed by atoms with van der Waals surface area (Å²) >= 11 is 5.19. The van der Waals surface area contributed by atoms with Crippen LogP contribution in [0.25, 0.3) is 0 Å².